The third kappa shape index (κ3) is 2.12. The third-order valence-electron chi connectivity index (χ3n) is 2.17. The number of rotatable bonds is 3. The molecule has 16 heavy (non-hydrogen) atoms. The second-order valence-corrected chi connectivity index (χ2v) is 4.33. The lowest BCUT2D eigenvalue weighted by Crippen LogP contribution is -2.20. The first kappa shape index (κ1) is 10.8. The highest BCUT2D eigenvalue weighted by molar-refractivity contribution is 7.10. The number of nitrogens with zero attached hydrogens (tertiary/aromatic N) is 1. The van der Waals surface area contributed by atoms with E-state index in [0.29, 0.717) is 5.69 Å². The highest BCUT2D eigenvalue weighted by Gasteiger charge is 2.11. The van der Waals surface area contributed by atoms with Crippen LogP contribution >= 0.6 is 11.3 Å². The maximum Gasteiger partial charge on any atom is 0.264 e. The summed E-state index contributed by atoms with van der Waals surface area (Å²) in [4.78, 5) is 23.9. The minimum Gasteiger partial charge on any atom is -0.325 e. The van der Waals surface area contributed by atoms with Gasteiger partial charge in [-0.15, -0.1) is 11.3 Å². The van der Waals surface area contributed by atoms with Crippen molar-refractivity contribution in [1.82, 2.24) is 9.78 Å². The van der Waals surface area contributed by atoms with E-state index in [4.69, 9.17) is 5.73 Å². The Morgan fingerprint density at radius 3 is 3.00 bits per heavy atom. The summed E-state index contributed by atoms with van der Waals surface area (Å²) in [5.41, 5.74) is 5.65. The largest absolute Gasteiger partial charge is 0.325 e. The van der Waals surface area contributed by atoms with Crippen molar-refractivity contribution in [2.75, 3.05) is 0 Å². The Morgan fingerprint density at radius 2 is 2.38 bits per heavy atom. The molecule has 3 N–H and O–H groups in total. The molecule has 0 aliphatic rings. The van der Waals surface area contributed by atoms with E-state index in [2.05, 4.69) is 5.10 Å². The summed E-state index contributed by atoms with van der Waals surface area (Å²) >= 11 is 1.51. The van der Waals surface area contributed by atoms with Gasteiger partial charge in [0.25, 0.3) is 11.5 Å². The summed E-state index contributed by atoms with van der Waals surface area (Å²) in [7, 11) is 0. The van der Waals surface area contributed by atoms with E-state index in [1.54, 1.807) is 0 Å². The van der Waals surface area contributed by atoms with E-state index in [0.717, 1.165) is 4.88 Å². The number of nitrogens with one attached hydrogen (secondary N) is 1. The summed E-state index contributed by atoms with van der Waals surface area (Å²) in [5, 5.41) is 4.35. The zero-order valence-electron chi connectivity index (χ0n) is 8.47. The molecule has 5 nitrogen and oxygen atoms in total. The van der Waals surface area contributed by atoms with Gasteiger partial charge in [0.2, 0.25) is 0 Å². The standard InChI is InChI=1S/C10H11N3O2S/c11-6-7-4-9(14)12-13(7)10(15)5-8-2-1-3-16-8/h1-4H,5-6,11H2,(H,12,14). The number of carbonyl (C=O) groups excluding carboxylic acids is 1. The molecule has 0 atom stereocenters. The molecule has 2 heterocycles. The molecule has 0 aliphatic heterocycles. The zero-order valence-corrected chi connectivity index (χ0v) is 9.29. The maximum atomic E-state index is 11.8. The zero-order chi connectivity index (χ0) is 11.5. The van der Waals surface area contributed by atoms with Crippen LogP contribution in [-0.4, -0.2) is 15.7 Å². The van der Waals surface area contributed by atoms with Crippen LogP contribution in [0.3, 0.4) is 0 Å². The van der Waals surface area contributed by atoms with E-state index in [9.17, 15) is 9.59 Å². The highest BCUT2D eigenvalue weighted by atomic mass is 32.1. The highest BCUT2D eigenvalue weighted by Crippen LogP contribution is 2.10. The van der Waals surface area contributed by atoms with Gasteiger partial charge >= 0.3 is 0 Å². The van der Waals surface area contributed by atoms with Gasteiger partial charge in [0.1, 0.15) is 0 Å². The van der Waals surface area contributed by atoms with Gasteiger partial charge in [0, 0.05) is 17.5 Å². The number of carbonyl (C=O) groups is 1. The topological polar surface area (TPSA) is 80.9 Å². The average Bonchev–Trinajstić information content (AvgIpc) is 2.86. The van der Waals surface area contributed by atoms with Gasteiger partial charge in [-0.2, -0.15) is 0 Å². The number of H-pyrrole nitrogens is 1. The molecule has 0 bridgehead atoms. The fourth-order valence-corrected chi connectivity index (χ4v) is 2.14. The second kappa shape index (κ2) is 4.46. The van der Waals surface area contributed by atoms with Crippen LogP contribution in [0.15, 0.2) is 28.4 Å². The van der Waals surface area contributed by atoms with E-state index in [-0.39, 0.29) is 24.4 Å². The van der Waals surface area contributed by atoms with E-state index in [1.807, 2.05) is 17.5 Å². The number of hydrogen-bond donors (Lipinski definition) is 2. The van der Waals surface area contributed by atoms with Crippen molar-refractivity contribution in [3.63, 3.8) is 0 Å². The molecule has 0 aliphatic carbocycles. The Labute approximate surface area is 95.5 Å². The fourth-order valence-electron chi connectivity index (χ4n) is 1.44. The van der Waals surface area contributed by atoms with E-state index >= 15 is 0 Å². The van der Waals surface area contributed by atoms with Gasteiger partial charge in [0.15, 0.2) is 0 Å². The molecule has 0 radical (unpaired) electrons. The van der Waals surface area contributed by atoms with Crippen LogP contribution in [0.5, 0.6) is 0 Å². The molecule has 2 aromatic heterocycles. The van der Waals surface area contributed by atoms with Gasteiger partial charge in [0.05, 0.1) is 12.1 Å². The SMILES string of the molecule is NCc1cc(=O)[nH]n1C(=O)Cc1cccs1. The van der Waals surface area contributed by atoms with Crippen molar-refractivity contribution in [2.24, 2.45) is 5.73 Å². The van der Waals surface area contributed by atoms with Crippen molar-refractivity contribution in [2.45, 2.75) is 13.0 Å². The van der Waals surface area contributed by atoms with Crippen LogP contribution in [0.1, 0.15) is 15.4 Å². The number of aromatic amines is 1. The Balaban J connectivity index is 2.23. The molecule has 0 saturated carbocycles. The minimum atomic E-state index is -0.306. The van der Waals surface area contributed by atoms with Gasteiger partial charge in [-0.3, -0.25) is 14.7 Å². The molecule has 0 spiro atoms. The summed E-state index contributed by atoms with van der Waals surface area (Å²) in [6.07, 6.45) is 0.273. The van der Waals surface area contributed by atoms with Crippen LogP contribution < -0.4 is 11.3 Å². The van der Waals surface area contributed by atoms with Crippen molar-refractivity contribution < 1.29 is 4.79 Å². The summed E-state index contributed by atoms with van der Waals surface area (Å²) in [6, 6.07) is 5.11. The van der Waals surface area contributed by atoms with E-state index < -0.39 is 0 Å². The number of nitrogens with two attached hydrogens (primary N) is 1. The van der Waals surface area contributed by atoms with Crippen molar-refractivity contribution >= 4 is 17.2 Å². The first-order valence-corrected chi connectivity index (χ1v) is 5.65. The Hall–Kier alpha value is -1.66. The molecule has 0 fully saturated rings. The Morgan fingerprint density at radius 1 is 1.56 bits per heavy atom. The smallest absolute Gasteiger partial charge is 0.264 e. The number of hydrogen-bond acceptors (Lipinski definition) is 4. The summed E-state index contributed by atoms with van der Waals surface area (Å²) in [5.74, 6) is -0.176. The molecule has 84 valence electrons. The first-order valence-electron chi connectivity index (χ1n) is 4.77. The van der Waals surface area contributed by atoms with Crippen LogP contribution in [0.2, 0.25) is 0 Å². The Bertz CT molecular complexity index is 539. The number of thiophene rings is 1. The van der Waals surface area contributed by atoms with E-state index in [1.165, 1.54) is 22.1 Å². The summed E-state index contributed by atoms with van der Waals surface area (Å²) < 4.78 is 1.22. The fraction of sp³-hybridized carbons (Fsp3) is 0.200. The predicted octanol–water partition coefficient (Wildman–Crippen LogP) is 0.579. The van der Waals surface area contributed by atoms with Gasteiger partial charge < -0.3 is 5.73 Å². The van der Waals surface area contributed by atoms with Crippen LogP contribution in [-0.2, 0) is 13.0 Å². The average molecular weight is 237 g/mol. The van der Waals surface area contributed by atoms with Crippen molar-refractivity contribution in [3.8, 4) is 0 Å². The van der Waals surface area contributed by atoms with Gasteiger partial charge in [-0.05, 0) is 11.4 Å². The molecule has 2 aromatic rings. The third-order valence-corrected chi connectivity index (χ3v) is 3.05. The minimum absolute atomic E-state index is 0.162. The molecule has 0 saturated heterocycles. The van der Waals surface area contributed by atoms with Crippen LogP contribution in [0.25, 0.3) is 0 Å². The lowest BCUT2D eigenvalue weighted by atomic mass is 10.3. The quantitative estimate of drug-likeness (QED) is 0.819. The maximum absolute atomic E-state index is 11.8. The first-order chi connectivity index (χ1) is 7.70. The lowest BCUT2D eigenvalue weighted by Gasteiger charge is -2.03. The second-order valence-electron chi connectivity index (χ2n) is 3.30. The predicted molar refractivity (Wildman–Crippen MR) is 61.6 cm³/mol. The Kier molecular flexibility index (Phi) is 3.02. The monoisotopic (exact) mass is 237 g/mol. The van der Waals surface area contributed by atoms with Gasteiger partial charge in [-0.1, -0.05) is 6.07 Å². The molecular weight excluding hydrogens is 226 g/mol. The normalized spacial score (nSPS) is 10.6. The molecule has 6 heteroatoms. The molecule has 0 amide bonds. The van der Waals surface area contributed by atoms with Crippen LogP contribution in [0.4, 0.5) is 0 Å². The summed E-state index contributed by atoms with van der Waals surface area (Å²) in [6.45, 7) is 0.162. The van der Waals surface area contributed by atoms with Crippen molar-refractivity contribution in [1.29, 1.82) is 0 Å². The van der Waals surface area contributed by atoms with Crippen LogP contribution in [0, 0.1) is 0 Å². The van der Waals surface area contributed by atoms with Gasteiger partial charge in [-0.25, -0.2) is 4.68 Å². The molecular formula is C10H11N3O2S. The lowest BCUT2D eigenvalue weighted by molar-refractivity contribution is 0.0895. The molecule has 0 aromatic carbocycles. The van der Waals surface area contributed by atoms with Crippen molar-refractivity contribution in [3.05, 3.63) is 44.5 Å². The molecule has 2 rings (SSSR count). The number of aromatic nitrogens is 2. The molecule has 0 unspecified atom stereocenters.